The van der Waals surface area contributed by atoms with Gasteiger partial charge in [-0.2, -0.15) is 0 Å². The molecule has 8 heteroatoms. The Hall–Kier alpha value is -0.320. The van der Waals surface area contributed by atoms with Crippen molar-refractivity contribution in [3.63, 3.8) is 0 Å². The zero-order valence-corrected chi connectivity index (χ0v) is 28.1. The van der Waals surface area contributed by atoms with Crippen molar-refractivity contribution in [2.75, 3.05) is 0 Å². The third-order valence-electron chi connectivity index (χ3n) is 15.9. The monoisotopic (exact) mass is 620 g/mol. The third kappa shape index (κ3) is 3.98. The first-order chi connectivity index (χ1) is 20.3. The lowest BCUT2D eigenvalue weighted by molar-refractivity contribution is -0.237. The number of rotatable bonds is 4. The average molecular weight is 621 g/mol. The smallest absolute Gasteiger partial charge is 0.109 e. The van der Waals surface area contributed by atoms with Crippen molar-refractivity contribution < 1.29 is 40.1 Å². The highest BCUT2D eigenvalue weighted by atomic mass is 16.5. The predicted octanol–water partition coefficient (Wildman–Crippen LogP) is 3.71. The fraction of sp³-hybridized carbons (Fsp3) is 1.00. The lowest BCUT2D eigenvalue weighted by Gasteiger charge is -2.65. The van der Waals surface area contributed by atoms with Crippen molar-refractivity contribution in [1.29, 1.82) is 0 Å². The lowest BCUT2D eigenvalue weighted by Crippen LogP contribution is -2.63. The van der Waals surface area contributed by atoms with Crippen LogP contribution in [0.1, 0.15) is 119 Å². The first-order valence-corrected chi connectivity index (χ1v) is 17.7. The minimum atomic E-state index is -1.19. The molecule has 7 fully saturated rings. The van der Waals surface area contributed by atoms with E-state index in [1.807, 2.05) is 13.8 Å². The highest BCUT2D eigenvalue weighted by Gasteiger charge is 2.85. The number of aliphatic hydroxyl groups is 6. The van der Waals surface area contributed by atoms with Crippen molar-refractivity contribution in [1.82, 2.24) is 0 Å². The maximum atomic E-state index is 12.2. The van der Waals surface area contributed by atoms with Crippen molar-refractivity contribution in [3.05, 3.63) is 0 Å². The van der Waals surface area contributed by atoms with Gasteiger partial charge >= 0.3 is 0 Å². The molecule has 0 aromatic carbocycles. The summed E-state index contributed by atoms with van der Waals surface area (Å²) < 4.78 is 13.3. The number of ether oxygens (including phenoxy) is 2. The van der Waals surface area contributed by atoms with Crippen molar-refractivity contribution in [2.24, 2.45) is 44.8 Å². The summed E-state index contributed by atoms with van der Waals surface area (Å²) in [6.45, 7) is 15.1. The maximum Gasteiger partial charge on any atom is 0.109 e. The van der Waals surface area contributed by atoms with Gasteiger partial charge in [0, 0.05) is 5.92 Å². The van der Waals surface area contributed by atoms with Crippen molar-refractivity contribution >= 4 is 0 Å². The largest absolute Gasteiger partial charge is 0.393 e. The second-order valence-corrected chi connectivity index (χ2v) is 18.7. The van der Waals surface area contributed by atoms with Crippen molar-refractivity contribution in [2.45, 2.75) is 179 Å². The Balaban J connectivity index is 1.15. The van der Waals surface area contributed by atoms with E-state index < -0.39 is 47.8 Å². The van der Waals surface area contributed by atoms with Crippen LogP contribution in [0.4, 0.5) is 0 Å². The summed E-state index contributed by atoms with van der Waals surface area (Å²) in [5, 5.41) is 65.9. The molecule has 0 bridgehead atoms. The first kappa shape index (κ1) is 32.2. The Morgan fingerprint density at radius 1 is 0.705 bits per heavy atom. The van der Waals surface area contributed by atoms with Gasteiger partial charge in [-0.05, 0) is 130 Å². The number of fused-ring (bicyclic) bond motifs is 2. The van der Waals surface area contributed by atoms with Crippen LogP contribution in [0, 0.1) is 44.8 Å². The Kier molecular flexibility index (Phi) is 7.07. The molecule has 6 aliphatic carbocycles. The summed E-state index contributed by atoms with van der Waals surface area (Å²) in [4.78, 5) is 0. The molecule has 0 amide bonds. The molecule has 44 heavy (non-hydrogen) atoms. The Bertz CT molecular complexity index is 1150. The molecule has 0 unspecified atom stereocenters. The van der Waals surface area contributed by atoms with E-state index in [4.69, 9.17) is 9.47 Å². The molecular weight excluding hydrogens is 560 g/mol. The molecule has 16 atom stereocenters. The van der Waals surface area contributed by atoms with Crippen LogP contribution in [0.5, 0.6) is 0 Å². The van der Waals surface area contributed by atoms with Crippen LogP contribution in [0.15, 0.2) is 0 Å². The second-order valence-electron chi connectivity index (χ2n) is 18.7. The van der Waals surface area contributed by atoms with Crippen LogP contribution < -0.4 is 0 Å². The summed E-state index contributed by atoms with van der Waals surface area (Å²) >= 11 is 0. The molecule has 252 valence electrons. The number of hydrogen-bond acceptors (Lipinski definition) is 8. The quantitative estimate of drug-likeness (QED) is 0.280. The van der Waals surface area contributed by atoms with Crippen LogP contribution in [0.2, 0.25) is 0 Å². The van der Waals surface area contributed by atoms with Gasteiger partial charge in [0.1, 0.15) is 12.2 Å². The molecule has 0 aromatic heterocycles. The molecule has 0 aromatic rings. The third-order valence-corrected chi connectivity index (χ3v) is 15.9. The number of hydrogen-bond donors (Lipinski definition) is 6. The molecule has 1 aliphatic heterocycles. The molecule has 1 saturated heterocycles. The van der Waals surface area contributed by atoms with E-state index in [0.717, 1.165) is 57.8 Å². The van der Waals surface area contributed by atoms with Crippen molar-refractivity contribution in [3.8, 4) is 0 Å². The topological polar surface area (TPSA) is 140 Å². The predicted molar refractivity (Wildman–Crippen MR) is 164 cm³/mol. The van der Waals surface area contributed by atoms with Gasteiger partial charge in [-0.3, -0.25) is 0 Å². The molecule has 2 spiro atoms. The van der Waals surface area contributed by atoms with Crippen LogP contribution in [-0.2, 0) is 9.47 Å². The summed E-state index contributed by atoms with van der Waals surface area (Å²) in [6.07, 6.45) is 4.02. The molecule has 6 N–H and O–H groups in total. The normalized spacial score (nSPS) is 59.8. The van der Waals surface area contributed by atoms with E-state index in [1.54, 1.807) is 0 Å². The Morgan fingerprint density at radius 3 is 2.07 bits per heavy atom. The highest BCUT2D eigenvalue weighted by Crippen LogP contribution is 2.89. The second kappa shape index (κ2) is 9.64. The minimum absolute atomic E-state index is 0.0226. The summed E-state index contributed by atoms with van der Waals surface area (Å²) in [5.74, 6) is 0.380. The molecule has 7 rings (SSSR count). The highest BCUT2D eigenvalue weighted by molar-refractivity contribution is 5.33. The van der Waals surface area contributed by atoms with E-state index in [9.17, 15) is 30.6 Å². The molecule has 1 heterocycles. The van der Waals surface area contributed by atoms with Crippen LogP contribution in [0.3, 0.4) is 0 Å². The van der Waals surface area contributed by atoms with E-state index in [-0.39, 0.29) is 51.1 Å². The van der Waals surface area contributed by atoms with Gasteiger partial charge in [0.25, 0.3) is 0 Å². The first-order valence-electron chi connectivity index (χ1n) is 17.7. The van der Waals surface area contributed by atoms with Crippen LogP contribution in [-0.4, -0.2) is 90.7 Å². The molecular formula is C36H60O8. The van der Waals surface area contributed by atoms with Gasteiger partial charge in [-0.15, -0.1) is 0 Å². The fourth-order valence-electron chi connectivity index (χ4n) is 13.8. The number of aliphatic hydroxyl groups excluding tert-OH is 5. The fourth-order valence-corrected chi connectivity index (χ4v) is 13.8. The molecule has 6 saturated carbocycles. The standard InChI is InChI=1S/C36H60O8/c1-30(2)24(43-22-9-8-19(37)26(40)27(22)41)11-13-36-18-35(36)15-14-32(5)29(34(7)12-10-25(44-34)31(3,4)42)21(39)17-33(32,6)23(35)16-20(38)28(30)36/h19-29,37-42H,8-18H2,1-7H3/t19-,20+,21+,22-,23+,24+,25-,26+,27+,28-,29+,32-,33+,34-,35+,36-/m1/s1. The molecule has 7 aliphatic rings. The van der Waals surface area contributed by atoms with Gasteiger partial charge in [-0.1, -0.05) is 27.7 Å². The SMILES string of the molecule is CC(C)(O)[C@H]1CC[C@](C)([C@H]2[C@@H](O)C[C@@]3(C)[C@@H]4C[C@H](O)[C@@H]5C(C)(C)[C@@H](O[C@@H]6CC[C@@H](O)[C@H](O)[C@H]6O)CC[C@@]56C[C@@]46CC[C@]23C)O1. The van der Waals surface area contributed by atoms with E-state index in [0.29, 0.717) is 18.8 Å². The average Bonchev–Trinajstić information content (AvgIpc) is 3.27. The Labute approximate surface area is 263 Å². The molecule has 0 radical (unpaired) electrons. The summed E-state index contributed by atoms with van der Waals surface area (Å²) in [6, 6.07) is 0. The van der Waals surface area contributed by atoms with Gasteiger partial charge in [0.05, 0.1) is 47.8 Å². The Morgan fingerprint density at radius 2 is 1.41 bits per heavy atom. The van der Waals surface area contributed by atoms with Gasteiger partial charge in [0.2, 0.25) is 0 Å². The van der Waals surface area contributed by atoms with E-state index in [2.05, 4.69) is 34.6 Å². The zero-order valence-electron chi connectivity index (χ0n) is 28.1. The maximum absolute atomic E-state index is 12.2. The summed E-state index contributed by atoms with van der Waals surface area (Å²) in [7, 11) is 0. The van der Waals surface area contributed by atoms with Crippen LogP contribution in [0.25, 0.3) is 0 Å². The minimum Gasteiger partial charge on any atom is -0.393 e. The zero-order chi connectivity index (χ0) is 32.0. The van der Waals surface area contributed by atoms with E-state index in [1.165, 1.54) is 0 Å². The summed E-state index contributed by atoms with van der Waals surface area (Å²) in [5.41, 5.74) is -1.81. The van der Waals surface area contributed by atoms with Gasteiger partial charge < -0.3 is 40.1 Å². The van der Waals surface area contributed by atoms with Gasteiger partial charge in [-0.25, -0.2) is 0 Å². The van der Waals surface area contributed by atoms with Gasteiger partial charge in [0.15, 0.2) is 0 Å². The molecule has 8 nitrogen and oxygen atoms in total. The lowest BCUT2D eigenvalue weighted by atomic mass is 9.41. The van der Waals surface area contributed by atoms with E-state index >= 15 is 0 Å². The van der Waals surface area contributed by atoms with Crippen LogP contribution >= 0.6 is 0 Å².